The zero-order valence-corrected chi connectivity index (χ0v) is 16.3. The highest BCUT2D eigenvalue weighted by molar-refractivity contribution is 5.67. The number of carboxylic acid groups (broad SMARTS) is 1. The van der Waals surface area contributed by atoms with E-state index in [1.165, 1.54) is 18.2 Å². The number of carbonyl (C=O) groups is 1. The number of carboxylic acids is 1. The third kappa shape index (κ3) is 5.43. The lowest BCUT2D eigenvalue weighted by atomic mass is 9.99. The third-order valence-electron chi connectivity index (χ3n) is 4.82. The van der Waals surface area contributed by atoms with Gasteiger partial charge in [0.25, 0.3) is 0 Å². The van der Waals surface area contributed by atoms with Crippen molar-refractivity contribution in [3.05, 3.63) is 54.1 Å². The van der Waals surface area contributed by atoms with Crippen LogP contribution in [0.15, 0.2) is 48.5 Å². The molecule has 1 heterocycles. The van der Waals surface area contributed by atoms with Gasteiger partial charge in [0.1, 0.15) is 36.3 Å². The van der Waals surface area contributed by atoms with Crippen molar-refractivity contribution in [1.82, 2.24) is 0 Å². The van der Waals surface area contributed by atoms with E-state index in [4.69, 9.17) is 14.2 Å². The van der Waals surface area contributed by atoms with Gasteiger partial charge >= 0.3 is 5.97 Å². The van der Waals surface area contributed by atoms with Crippen LogP contribution in [0.2, 0.25) is 0 Å². The highest BCUT2D eigenvalue weighted by atomic mass is 16.7. The van der Waals surface area contributed by atoms with Crippen molar-refractivity contribution >= 4 is 5.97 Å². The van der Waals surface area contributed by atoms with Gasteiger partial charge in [-0.3, -0.25) is 4.79 Å². The first kappa shape index (κ1) is 22.8. The van der Waals surface area contributed by atoms with Gasteiger partial charge in [-0.1, -0.05) is 30.3 Å². The van der Waals surface area contributed by atoms with E-state index in [1.807, 2.05) is 0 Å². The topological polar surface area (TPSA) is 166 Å². The van der Waals surface area contributed by atoms with E-state index in [9.17, 15) is 35.4 Å². The zero-order chi connectivity index (χ0) is 22.5. The Morgan fingerprint density at radius 1 is 1.00 bits per heavy atom. The van der Waals surface area contributed by atoms with Crippen LogP contribution in [-0.2, 0) is 9.53 Å². The highest BCUT2D eigenvalue weighted by Crippen LogP contribution is 2.37. The smallest absolute Gasteiger partial charge is 0.307 e. The molecule has 0 aliphatic carbocycles. The summed E-state index contributed by atoms with van der Waals surface area (Å²) in [6.45, 7) is -0.627. The predicted octanol–water partition coefficient (Wildman–Crippen LogP) is 0.166. The summed E-state index contributed by atoms with van der Waals surface area (Å²) < 4.78 is 16.8. The number of benzene rings is 2. The number of ether oxygens (including phenoxy) is 3. The van der Waals surface area contributed by atoms with E-state index < -0.39 is 49.4 Å². The molecule has 6 atom stereocenters. The Morgan fingerprint density at radius 2 is 1.71 bits per heavy atom. The Bertz CT molecular complexity index is 872. The van der Waals surface area contributed by atoms with Crippen molar-refractivity contribution in [1.29, 1.82) is 0 Å². The van der Waals surface area contributed by atoms with E-state index in [1.54, 1.807) is 30.3 Å². The summed E-state index contributed by atoms with van der Waals surface area (Å²) in [5.74, 6) is -1.34. The normalized spacial score (nSPS) is 26.8. The maximum Gasteiger partial charge on any atom is 0.307 e. The van der Waals surface area contributed by atoms with Gasteiger partial charge in [0.15, 0.2) is 11.5 Å². The van der Waals surface area contributed by atoms with Gasteiger partial charge in [0.05, 0.1) is 13.0 Å². The van der Waals surface area contributed by atoms with E-state index in [2.05, 4.69) is 0 Å². The SMILES string of the molecule is O=C(O)CC(Oc1cc(O)ccc1OC1OC(CO)C(O)C(O)C1O)c1ccccc1. The van der Waals surface area contributed by atoms with Crippen LogP contribution in [0.3, 0.4) is 0 Å². The fourth-order valence-electron chi connectivity index (χ4n) is 3.18. The number of phenols is 1. The number of aliphatic hydroxyl groups is 4. The van der Waals surface area contributed by atoms with Crippen molar-refractivity contribution in [3.8, 4) is 17.2 Å². The Balaban J connectivity index is 1.87. The van der Waals surface area contributed by atoms with Crippen molar-refractivity contribution in [2.24, 2.45) is 0 Å². The summed E-state index contributed by atoms with van der Waals surface area (Å²) >= 11 is 0. The van der Waals surface area contributed by atoms with Crippen molar-refractivity contribution in [3.63, 3.8) is 0 Å². The van der Waals surface area contributed by atoms with Crippen LogP contribution in [0.4, 0.5) is 0 Å². The first-order valence-electron chi connectivity index (χ1n) is 9.53. The maximum atomic E-state index is 11.3. The van der Waals surface area contributed by atoms with Crippen LogP contribution >= 0.6 is 0 Å². The minimum Gasteiger partial charge on any atom is -0.508 e. The van der Waals surface area contributed by atoms with Crippen LogP contribution < -0.4 is 9.47 Å². The average Bonchev–Trinajstić information content (AvgIpc) is 2.75. The molecule has 6 unspecified atom stereocenters. The fraction of sp³-hybridized carbons (Fsp3) is 0.381. The molecule has 6 N–H and O–H groups in total. The summed E-state index contributed by atoms with van der Waals surface area (Å²) in [6.07, 6.45) is -8.78. The molecule has 31 heavy (non-hydrogen) atoms. The second-order valence-electron chi connectivity index (χ2n) is 7.06. The van der Waals surface area contributed by atoms with Crippen LogP contribution in [0.5, 0.6) is 17.2 Å². The summed E-state index contributed by atoms with van der Waals surface area (Å²) in [6, 6.07) is 12.4. The second kappa shape index (κ2) is 9.94. The number of rotatable bonds is 8. The van der Waals surface area contributed by atoms with Gasteiger partial charge in [-0.15, -0.1) is 0 Å². The molecule has 0 bridgehead atoms. The van der Waals surface area contributed by atoms with Crippen LogP contribution in [0.25, 0.3) is 0 Å². The maximum absolute atomic E-state index is 11.3. The molecule has 0 radical (unpaired) electrons. The monoisotopic (exact) mass is 436 g/mol. The van der Waals surface area contributed by atoms with Crippen molar-refractivity contribution < 1.29 is 49.6 Å². The Kier molecular flexibility index (Phi) is 7.31. The molecule has 1 aliphatic heterocycles. The van der Waals surface area contributed by atoms with Gasteiger partial charge in [-0.05, 0) is 17.7 Å². The molecule has 1 fully saturated rings. The number of aliphatic carboxylic acids is 1. The molecule has 1 saturated heterocycles. The average molecular weight is 436 g/mol. The Hall–Kier alpha value is -2.89. The van der Waals surface area contributed by atoms with Crippen molar-refractivity contribution in [2.75, 3.05) is 6.61 Å². The molecule has 0 saturated carbocycles. The van der Waals surface area contributed by atoms with Gasteiger partial charge in [-0.25, -0.2) is 0 Å². The number of hydrogen-bond donors (Lipinski definition) is 6. The van der Waals surface area contributed by atoms with E-state index in [0.717, 1.165) is 0 Å². The number of aromatic hydroxyl groups is 1. The van der Waals surface area contributed by atoms with Gasteiger partial charge < -0.3 is 44.8 Å². The molecule has 1 aliphatic rings. The lowest BCUT2D eigenvalue weighted by Gasteiger charge is -2.39. The minimum absolute atomic E-state index is 0.0200. The lowest BCUT2D eigenvalue weighted by molar-refractivity contribution is -0.277. The van der Waals surface area contributed by atoms with Crippen LogP contribution in [-0.4, -0.2) is 73.9 Å². The minimum atomic E-state index is -1.65. The van der Waals surface area contributed by atoms with E-state index in [0.29, 0.717) is 5.56 Å². The largest absolute Gasteiger partial charge is 0.508 e. The van der Waals surface area contributed by atoms with Gasteiger partial charge in [-0.2, -0.15) is 0 Å². The molecule has 0 spiro atoms. The molecule has 10 nitrogen and oxygen atoms in total. The first-order chi connectivity index (χ1) is 14.8. The van der Waals surface area contributed by atoms with E-state index >= 15 is 0 Å². The van der Waals surface area contributed by atoms with Crippen LogP contribution in [0.1, 0.15) is 18.1 Å². The molecule has 3 rings (SSSR count). The molecular weight excluding hydrogens is 412 g/mol. The first-order valence-corrected chi connectivity index (χ1v) is 9.53. The number of phenolic OH excluding ortho intramolecular Hbond substituents is 1. The van der Waals surface area contributed by atoms with Crippen LogP contribution in [0, 0.1) is 0 Å². The molecule has 10 heteroatoms. The van der Waals surface area contributed by atoms with Crippen molar-refractivity contribution in [2.45, 2.75) is 43.2 Å². The summed E-state index contributed by atoms with van der Waals surface area (Å²) in [4.78, 5) is 11.3. The molecule has 2 aromatic rings. The standard InChI is InChI=1S/C21H24O10/c22-10-16-18(26)19(27)20(28)21(31-16)30-13-7-6-12(23)8-15(13)29-14(9-17(24)25)11-4-2-1-3-5-11/h1-8,14,16,18-23,26-28H,9-10H2,(H,24,25). The molecule has 0 aromatic heterocycles. The quantitative estimate of drug-likeness (QED) is 0.336. The summed E-state index contributed by atoms with van der Waals surface area (Å²) in [5.41, 5.74) is 0.576. The van der Waals surface area contributed by atoms with E-state index in [-0.39, 0.29) is 23.7 Å². The molecule has 168 valence electrons. The number of aliphatic hydroxyl groups excluding tert-OH is 4. The Morgan fingerprint density at radius 3 is 2.35 bits per heavy atom. The zero-order valence-electron chi connectivity index (χ0n) is 16.3. The molecule has 0 amide bonds. The fourth-order valence-corrected chi connectivity index (χ4v) is 3.18. The van der Waals surface area contributed by atoms with Gasteiger partial charge in [0.2, 0.25) is 6.29 Å². The molecule has 2 aromatic carbocycles. The highest BCUT2D eigenvalue weighted by Gasteiger charge is 2.45. The predicted molar refractivity (Wildman–Crippen MR) is 105 cm³/mol. The third-order valence-corrected chi connectivity index (χ3v) is 4.82. The van der Waals surface area contributed by atoms with Gasteiger partial charge in [0, 0.05) is 6.07 Å². The molecular formula is C21H24O10. The lowest BCUT2D eigenvalue weighted by Crippen LogP contribution is -2.60. The summed E-state index contributed by atoms with van der Waals surface area (Å²) in [7, 11) is 0. The second-order valence-corrected chi connectivity index (χ2v) is 7.06. The Labute approximate surface area is 177 Å². The summed E-state index contributed by atoms with van der Waals surface area (Å²) in [5, 5.41) is 58.5. The number of hydrogen-bond acceptors (Lipinski definition) is 9.